The van der Waals surface area contributed by atoms with Gasteiger partial charge in [0, 0.05) is 24.5 Å². The predicted octanol–water partition coefficient (Wildman–Crippen LogP) is 2.45. The van der Waals surface area contributed by atoms with Gasteiger partial charge in [0.05, 0.1) is 17.0 Å². The van der Waals surface area contributed by atoms with Crippen molar-refractivity contribution in [1.29, 1.82) is 0 Å². The van der Waals surface area contributed by atoms with Gasteiger partial charge in [0.1, 0.15) is 0 Å². The molecule has 2 N–H and O–H groups in total. The number of halogens is 1. The van der Waals surface area contributed by atoms with E-state index >= 15 is 0 Å². The molecule has 2 aromatic carbocycles. The lowest BCUT2D eigenvalue weighted by Gasteiger charge is -2.19. The molecular formula is C20H22ClN3O4S. The molecule has 1 saturated heterocycles. The van der Waals surface area contributed by atoms with Crippen molar-refractivity contribution in [2.24, 2.45) is 0 Å². The molecule has 9 heteroatoms. The number of rotatable bonds is 7. The lowest BCUT2D eigenvalue weighted by molar-refractivity contribution is -0.117. The minimum Gasteiger partial charge on any atom is -0.348 e. The van der Waals surface area contributed by atoms with Crippen LogP contribution in [0.25, 0.3) is 0 Å². The molecule has 0 bridgehead atoms. The van der Waals surface area contributed by atoms with Gasteiger partial charge in [-0.2, -0.15) is 0 Å². The van der Waals surface area contributed by atoms with Gasteiger partial charge in [-0.3, -0.25) is 9.59 Å². The molecule has 7 nitrogen and oxygen atoms in total. The second-order valence-corrected chi connectivity index (χ2v) is 9.14. The highest BCUT2D eigenvalue weighted by atomic mass is 35.5. The van der Waals surface area contributed by atoms with Crippen LogP contribution in [-0.2, 0) is 27.1 Å². The fraction of sp³-hybridized carbons (Fsp3) is 0.300. The highest BCUT2D eigenvalue weighted by Gasteiger charge is 2.26. The molecule has 0 saturated carbocycles. The van der Waals surface area contributed by atoms with E-state index in [-0.39, 0.29) is 24.1 Å². The summed E-state index contributed by atoms with van der Waals surface area (Å²) in [5, 5.41) is 3.30. The topological polar surface area (TPSA) is 95.6 Å². The van der Waals surface area contributed by atoms with E-state index < -0.39 is 10.0 Å². The van der Waals surface area contributed by atoms with E-state index in [4.69, 9.17) is 11.6 Å². The summed E-state index contributed by atoms with van der Waals surface area (Å²) in [6, 6.07) is 11.8. The Labute approximate surface area is 175 Å². The second-order valence-electron chi connectivity index (χ2n) is 6.77. The van der Waals surface area contributed by atoms with Gasteiger partial charge in [-0.05, 0) is 42.8 Å². The molecule has 3 rings (SSSR count). The van der Waals surface area contributed by atoms with Crippen molar-refractivity contribution in [3.05, 3.63) is 64.2 Å². The first-order valence-electron chi connectivity index (χ1n) is 9.16. The lowest BCUT2D eigenvalue weighted by atomic mass is 10.1. The highest BCUT2D eigenvalue weighted by molar-refractivity contribution is 7.88. The van der Waals surface area contributed by atoms with Gasteiger partial charge in [-0.1, -0.05) is 35.9 Å². The van der Waals surface area contributed by atoms with Crippen molar-refractivity contribution < 1.29 is 18.0 Å². The molecule has 1 fully saturated rings. The van der Waals surface area contributed by atoms with E-state index in [2.05, 4.69) is 10.0 Å². The lowest BCUT2D eigenvalue weighted by Crippen LogP contribution is -2.29. The zero-order chi connectivity index (χ0) is 21.0. The fourth-order valence-corrected chi connectivity index (χ4v) is 4.09. The molecule has 0 unspecified atom stereocenters. The highest BCUT2D eigenvalue weighted by Crippen LogP contribution is 2.28. The molecule has 154 valence electrons. The van der Waals surface area contributed by atoms with Crippen molar-refractivity contribution in [2.45, 2.75) is 25.1 Å². The number of nitrogens with one attached hydrogen (secondary N) is 2. The summed E-state index contributed by atoms with van der Waals surface area (Å²) < 4.78 is 25.5. The maximum Gasteiger partial charge on any atom is 0.253 e. The van der Waals surface area contributed by atoms with Crippen molar-refractivity contribution in [2.75, 3.05) is 18.5 Å². The van der Waals surface area contributed by atoms with Crippen LogP contribution in [-0.4, -0.2) is 33.8 Å². The van der Waals surface area contributed by atoms with Crippen LogP contribution in [0.1, 0.15) is 34.3 Å². The van der Waals surface area contributed by atoms with Gasteiger partial charge < -0.3 is 10.2 Å². The van der Waals surface area contributed by atoms with Gasteiger partial charge in [0.15, 0.2) is 0 Å². The van der Waals surface area contributed by atoms with Crippen molar-refractivity contribution in [1.82, 2.24) is 10.0 Å². The Balaban J connectivity index is 1.69. The van der Waals surface area contributed by atoms with Crippen LogP contribution < -0.4 is 14.9 Å². The molecule has 0 atom stereocenters. The van der Waals surface area contributed by atoms with Gasteiger partial charge >= 0.3 is 0 Å². The third kappa shape index (κ3) is 5.35. The summed E-state index contributed by atoms with van der Waals surface area (Å²) in [5.74, 6) is -0.430. The Morgan fingerprint density at radius 3 is 2.45 bits per heavy atom. The van der Waals surface area contributed by atoms with Crippen LogP contribution in [0.2, 0.25) is 5.02 Å². The molecule has 0 spiro atoms. The van der Waals surface area contributed by atoms with E-state index in [1.807, 2.05) is 0 Å². The second kappa shape index (κ2) is 8.94. The predicted molar refractivity (Wildman–Crippen MR) is 112 cm³/mol. The smallest absolute Gasteiger partial charge is 0.253 e. The number of sulfonamides is 1. The minimum atomic E-state index is -3.33. The van der Waals surface area contributed by atoms with Crippen LogP contribution in [0.5, 0.6) is 0 Å². The molecule has 0 radical (unpaired) electrons. The Kier molecular flexibility index (Phi) is 6.56. The van der Waals surface area contributed by atoms with E-state index in [1.165, 1.54) is 7.05 Å². The van der Waals surface area contributed by atoms with E-state index in [1.54, 1.807) is 47.4 Å². The molecular weight excluding hydrogens is 414 g/mol. The molecule has 29 heavy (non-hydrogen) atoms. The standard InChI is InChI=1S/C20H22ClN3O4S/c1-22-29(27,28)13-15-6-4-14(5-7-15)12-23-20(26)17-9-8-16(21)11-18(17)24-10-2-3-19(24)25/h4-9,11,22H,2-3,10,12-13H2,1H3,(H,23,26). The van der Waals surface area contributed by atoms with Crippen LogP contribution in [0.4, 0.5) is 5.69 Å². The Hall–Kier alpha value is -2.42. The number of hydrogen-bond donors (Lipinski definition) is 2. The number of benzene rings is 2. The molecule has 1 aliphatic heterocycles. The normalized spacial score (nSPS) is 14.3. The average molecular weight is 436 g/mol. The van der Waals surface area contributed by atoms with Gasteiger partial charge in [-0.15, -0.1) is 0 Å². The van der Waals surface area contributed by atoms with E-state index in [0.29, 0.717) is 34.8 Å². The van der Waals surface area contributed by atoms with Gasteiger partial charge in [-0.25, -0.2) is 13.1 Å². The number of carbonyl (C=O) groups is 2. The molecule has 1 aliphatic rings. The molecule has 0 aromatic heterocycles. The Morgan fingerprint density at radius 2 is 1.83 bits per heavy atom. The minimum absolute atomic E-state index is 0.0200. The van der Waals surface area contributed by atoms with Crippen LogP contribution in [0, 0.1) is 0 Å². The third-order valence-corrected chi connectivity index (χ3v) is 6.28. The maximum atomic E-state index is 12.7. The van der Waals surface area contributed by atoms with E-state index in [0.717, 1.165) is 12.0 Å². The van der Waals surface area contributed by atoms with Crippen LogP contribution in [0.15, 0.2) is 42.5 Å². The maximum absolute atomic E-state index is 12.7. The monoisotopic (exact) mass is 435 g/mol. The molecule has 2 aromatic rings. The number of hydrogen-bond acceptors (Lipinski definition) is 4. The SMILES string of the molecule is CNS(=O)(=O)Cc1ccc(CNC(=O)c2ccc(Cl)cc2N2CCCC2=O)cc1. The van der Waals surface area contributed by atoms with Gasteiger partial charge in [0.2, 0.25) is 15.9 Å². The largest absolute Gasteiger partial charge is 0.348 e. The first-order chi connectivity index (χ1) is 13.8. The van der Waals surface area contributed by atoms with Crippen LogP contribution >= 0.6 is 11.6 Å². The number of anilines is 1. The van der Waals surface area contributed by atoms with Gasteiger partial charge in [0.25, 0.3) is 5.91 Å². The van der Waals surface area contributed by atoms with Crippen molar-refractivity contribution >= 4 is 39.1 Å². The van der Waals surface area contributed by atoms with Crippen LogP contribution in [0.3, 0.4) is 0 Å². The zero-order valence-corrected chi connectivity index (χ0v) is 17.5. The number of carbonyl (C=O) groups excluding carboxylic acids is 2. The molecule has 1 heterocycles. The summed E-state index contributed by atoms with van der Waals surface area (Å²) >= 11 is 6.07. The summed E-state index contributed by atoms with van der Waals surface area (Å²) in [6.45, 7) is 0.838. The number of amides is 2. The summed E-state index contributed by atoms with van der Waals surface area (Å²) in [5.41, 5.74) is 2.39. The summed E-state index contributed by atoms with van der Waals surface area (Å²) in [6.07, 6.45) is 1.21. The first-order valence-corrected chi connectivity index (χ1v) is 11.2. The Morgan fingerprint density at radius 1 is 1.14 bits per heavy atom. The summed E-state index contributed by atoms with van der Waals surface area (Å²) in [7, 11) is -1.96. The first kappa shape index (κ1) is 21.3. The fourth-order valence-electron chi connectivity index (χ4n) is 3.15. The Bertz CT molecular complexity index is 1020. The van der Waals surface area contributed by atoms with Crippen molar-refractivity contribution in [3.8, 4) is 0 Å². The quantitative estimate of drug-likeness (QED) is 0.698. The number of nitrogens with zero attached hydrogens (tertiary/aromatic N) is 1. The average Bonchev–Trinajstić information content (AvgIpc) is 3.12. The third-order valence-electron chi connectivity index (χ3n) is 4.71. The zero-order valence-electron chi connectivity index (χ0n) is 15.9. The van der Waals surface area contributed by atoms with E-state index in [9.17, 15) is 18.0 Å². The molecule has 2 amide bonds. The van der Waals surface area contributed by atoms with Crippen molar-refractivity contribution in [3.63, 3.8) is 0 Å². The summed E-state index contributed by atoms with van der Waals surface area (Å²) in [4.78, 5) is 26.4. The molecule has 0 aliphatic carbocycles.